The van der Waals surface area contributed by atoms with E-state index < -0.39 is 0 Å². The summed E-state index contributed by atoms with van der Waals surface area (Å²) in [4.78, 5) is 2.58. The Morgan fingerprint density at radius 2 is 1.96 bits per heavy atom. The standard InChI is InChI=1S/C22H33NO4/c1-24-19-4-2-3-18(13-19)14-23-10-7-22-21(23)6-5-20(27-22)16-26-15-17-8-11-25-12-9-17/h2-4,13,17,20-22H,5-12,14-16H2,1H3/t20-,21+,22+/m0/s1. The van der Waals surface area contributed by atoms with Crippen molar-refractivity contribution in [2.45, 2.75) is 56.9 Å². The lowest BCUT2D eigenvalue weighted by Crippen LogP contribution is -2.43. The largest absolute Gasteiger partial charge is 0.497 e. The van der Waals surface area contributed by atoms with Crippen LogP contribution in [0.25, 0.3) is 0 Å². The lowest BCUT2D eigenvalue weighted by atomic mass is 9.99. The fourth-order valence-corrected chi connectivity index (χ4v) is 4.69. The summed E-state index contributed by atoms with van der Waals surface area (Å²) in [5.41, 5.74) is 1.32. The third kappa shape index (κ3) is 5.02. The number of nitrogens with zero attached hydrogens (tertiary/aromatic N) is 1. The molecule has 1 aromatic rings. The van der Waals surface area contributed by atoms with E-state index in [9.17, 15) is 0 Å². The molecular formula is C22H33NO4. The van der Waals surface area contributed by atoms with E-state index in [2.05, 4.69) is 23.1 Å². The molecule has 0 N–H and O–H groups in total. The average Bonchev–Trinajstić information content (AvgIpc) is 3.11. The van der Waals surface area contributed by atoms with Crippen molar-refractivity contribution in [2.75, 3.05) is 40.1 Å². The molecule has 3 atom stereocenters. The van der Waals surface area contributed by atoms with Crippen LogP contribution in [0, 0.1) is 5.92 Å². The van der Waals surface area contributed by atoms with Gasteiger partial charge < -0.3 is 18.9 Å². The normalized spacial score (nSPS) is 29.6. The van der Waals surface area contributed by atoms with E-state index in [-0.39, 0.29) is 6.10 Å². The summed E-state index contributed by atoms with van der Waals surface area (Å²) in [6.07, 6.45) is 6.34. The van der Waals surface area contributed by atoms with Gasteiger partial charge in [0, 0.05) is 39.0 Å². The van der Waals surface area contributed by atoms with Crippen LogP contribution < -0.4 is 4.74 Å². The molecule has 0 spiro atoms. The van der Waals surface area contributed by atoms with Gasteiger partial charge in [0.05, 0.1) is 25.9 Å². The molecule has 0 radical (unpaired) electrons. The minimum atomic E-state index is 0.267. The molecule has 150 valence electrons. The van der Waals surface area contributed by atoms with Crippen molar-refractivity contribution in [1.29, 1.82) is 0 Å². The van der Waals surface area contributed by atoms with Gasteiger partial charge in [0.15, 0.2) is 0 Å². The molecule has 0 aromatic heterocycles. The highest BCUT2D eigenvalue weighted by Gasteiger charge is 2.39. The highest BCUT2D eigenvalue weighted by atomic mass is 16.5. The molecule has 1 aromatic carbocycles. The predicted molar refractivity (Wildman–Crippen MR) is 104 cm³/mol. The van der Waals surface area contributed by atoms with Crippen LogP contribution in [0.4, 0.5) is 0 Å². The Morgan fingerprint density at radius 1 is 1.07 bits per heavy atom. The maximum atomic E-state index is 6.40. The lowest BCUT2D eigenvalue weighted by molar-refractivity contribution is -0.105. The SMILES string of the molecule is COc1cccc(CN2CC[C@H]3O[C@H](COCC4CCOCC4)CC[C@H]32)c1. The first-order valence-electron chi connectivity index (χ1n) is 10.5. The first kappa shape index (κ1) is 19.2. The number of likely N-dealkylation sites (tertiary alicyclic amines) is 1. The minimum Gasteiger partial charge on any atom is -0.497 e. The minimum absolute atomic E-state index is 0.267. The maximum absolute atomic E-state index is 6.40. The van der Waals surface area contributed by atoms with Crippen molar-refractivity contribution in [3.8, 4) is 5.75 Å². The van der Waals surface area contributed by atoms with Gasteiger partial charge in [0.25, 0.3) is 0 Å². The smallest absolute Gasteiger partial charge is 0.119 e. The molecule has 0 amide bonds. The zero-order valence-electron chi connectivity index (χ0n) is 16.5. The molecule has 3 saturated heterocycles. The number of hydrogen-bond acceptors (Lipinski definition) is 5. The van der Waals surface area contributed by atoms with Crippen molar-refractivity contribution in [2.24, 2.45) is 5.92 Å². The molecule has 3 aliphatic heterocycles. The number of rotatable bonds is 7. The van der Waals surface area contributed by atoms with Gasteiger partial charge in [-0.15, -0.1) is 0 Å². The van der Waals surface area contributed by atoms with Crippen LogP contribution in [-0.4, -0.2) is 63.2 Å². The van der Waals surface area contributed by atoms with Crippen molar-refractivity contribution in [3.05, 3.63) is 29.8 Å². The van der Waals surface area contributed by atoms with Gasteiger partial charge in [-0.05, 0) is 55.7 Å². The van der Waals surface area contributed by atoms with E-state index in [1.807, 2.05) is 6.07 Å². The van der Waals surface area contributed by atoms with Crippen molar-refractivity contribution in [3.63, 3.8) is 0 Å². The van der Waals surface area contributed by atoms with Gasteiger partial charge in [0.1, 0.15) is 5.75 Å². The monoisotopic (exact) mass is 375 g/mol. The van der Waals surface area contributed by atoms with Crippen LogP contribution in [0.15, 0.2) is 24.3 Å². The number of ether oxygens (including phenoxy) is 4. The van der Waals surface area contributed by atoms with Crippen LogP contribution >= 0.6 is 0 Å². The molecule has 27 heavy (non-hydrogen) atoms. The molecule has 3 aliphatic rings. The Morgan fingerprint density at radius 3 is 2.81 bits per heavy atom. The maximum Gasteiger partial charge on any atom is 0.119 e. The quantitative estimate of drug-likeness (QED) is 0.732. The molecule has 3 fully saturated rings. The molecule has 3 heterocycles. The van der Waals surface area contributed by atoms with Crippen LogP contribution in [0.2, 0.25) is 0 Å². The Hall–Kier alpha value is -1.14. The van der Waals surface area contributed by atoms with E-state index in [0.29, 0.717) is 18.1 Å². The molecular weight excluding hydrogens is 342 g/mol. The van der Waals surface area contributed by atoms with Gasteiger partial charge in [-0.25, -0.2) is 0 Å². The molecule has 0 saturated carbocycles. The molecule has 5 heteroatoms. The molecule has 4 rings (SSSR count). The zero-order chi connectivity index (χ0) is 18.5. The van der Waals surface area contributed by atoms with E-state index in [1.54, 1.807) is 7.11 Å². The topological polar surface area (TPSA) is 40.2 Å². The van der Waals surface area contributed by atoms with Gasteiger partial charge >= 0.3 is 0 Å². The first-order chi connectivity index (χ1) is 13.3. The zero-order valence-corrected chi connectivity index (χ0v) is 16.5. The third-order valence-corrected chi connectivity index (χ3v) is 6.27. The van der Waals surface area contributed by atoms with Gasteiger partial charge in [-0.2, -0.15) is 0 Å². The Balaban J connectivity index is 1.22. The van der Waals surface area contributed by atoms with Crippen LogP contribution in [0.1, 0.15) is 37.7 Å². The summed E-state index contributed by atoms with van der Waals surface area (Å²) in [6.45, 7) is 5.48. The van der Waals surface area contributed by atoms with Crippen molar-refractivity contribution >= 4 is 0 Å². The average molecular weight is 376 g/mol. The summed E-state index contributed by atoms with van der Waals surface area (Å²) in [6, 6.07) is 8.95. The number of methoxy groups -OCH3 is 1. The predicted octanol–water partition coefficient (Wildman–Crippen LogP) is 3.26. The first-order valence-corrected chi connectivity index (χ1v) is 10.5. The highest BCUT2D eigenvalue weighted by Crippen LogP contribution is 2.33. The summed E-state index contributed by atoms with van der Waals surface area (Å²) >= 11 is 0. The third-order valence-electron chi connectivity index (χ3n) is 6.27. The Labute approximate surface area is 162 Å². The molecule has 0 unspecified atom stereocenters. The highest BCUT2D eigenvalue weighted by molar-refractivity contribution is 5.28. The fourth-order valence-electron chi connectivity index (χ4n) is 4.69. The number of fused-ring (bicyclic) bond motifs is 1. The van der Waals surface area contributed by atoms with E-state index in [4.69, 9.17) is 18.9 Å². The fraction of sp³-hybridized carbons (Fsp3) is 0.727. The van der Waals surface area contributed by atoms with Crippen LogP contribution in [0.5, 0.6) is 5.75 Å². The summed E-state index contributed by atoms with van der Waals surface area (Å²) in [7, 11) is 1.73. The number of hydrogen-bond donors (Lipinski definition) is 0. The van der Waals surface area contributed by atoms with Crippen molar-refractivity contribution < 1.29 is 18.9 Å². The van der Waals surface area contributed by atoms with Gasteiger partial charge in [0.2, 0.25) is 0 Å². The van der Waals surface area contributed by atoms with Gasteiger partial charge in [-0.3, -0.25) is 4.90 Å². The summed E-state index contributed by atoms with van der Waals surface area (Å²) < 4.78 is 23.2. The van der Waals surface area contributed by atoms with E-state index >= 15 is 0 Å². The summed E-state index contributed by atoms with van der Waals surface area (Å²) in [5.74, 6) is 1.60. The van der Waals surface area contributed by atoms with Crippen LogP contribution in [-0.2, 0) is 20.8 Å². The molecule has 0 aliphatic carbocycles. The Kier molecular flexibility index (Phi) is 6.66. The van der Waals surface area contributed by atoms with E-state index in [1.165, 1.54) is 12.0 Å². The second-order valence-electron chi connectivity index (χ2n) is 8.15. The van der Waals surface area contributed by atoms with Crippen molar-refractivity contribution in [1.82, 2.24) is 4.90 Å². The number of benzene rings is 1. The second kappa shape index (κ2) is 9.37. The summed E-state index contributed by atoms with van der Waals surface area (Å²) in [5, 5.41) is 0. The Bertz CT molecular complexity index is 589. The molecule has 0 bridgehead atoms. The van der Waals surface area contributed by atoms with Gasteiger partial charge in [-0.1, -0.05) is 12.1 Å². The second-order valence-corrected chi connectivity index (χ2v) is 8.15. The van der Waals surface area contributed by atoms with E-state index in [0.717, 1.165) is 70.9 Å². The molecule has 5 nitrogen and oxygen atoms in total. The lowest BCUT2D eigenvalue weighted by Gasteiger charge is -2.36. The van der Waals surface area contributed by atoms with Crippen LogP contribution in [0.3, 0.4) is 0 Å².